The lowest BCUT2D eigenvalue weighted by Gasteiger charge is -2.11. The number of benzene rings is 6. The second-order valence-electron chi connectivity index (χ2n) is 12.0. The molecule has 208 valence electrons. The fourth-order valence-corrected chi connectivity index (χ4v) is 8.08. The summed E-state index contributed by atoms with van der Waals surface area (Å²) < 4.78 is 7.29. The molecule has 45 heavy (non-hydrogen) atoms. The van der Waals surface area contributed by atoms with E-state index in [2.05, 4.69) is 152 Å². The maximum Gasteiger partial charge on any atom is 0.0724 e. The maximum absolute atomic E-state index is 4.52. The van der Waals surface area contributed by atoms with Crippen LogP contribution in [0.5, 0.6) is 0 Å². The molecular formula is C41H24N4. The zero-order valence-electron chi connectivity index (χ0n) is 24.1. The van der Waals surface area contributed by atoms with E-state index in [1.165, 1.54) is 76.2 Å². The highest BCUT2D eigenvalue weighted by Crippen LogP contribution is 2.46. The molecule has 4 nitrogen and oxygen atoms in total. The maximum atomic E-state index is 4.52. The summed E-state index contributed by atoms with van der Waals surface area (Å²) in [6, 6.07) is 48.7. The van der Waals surface area contributed by atoms with Gasteiger partial charge in [0.2, 0.25) is 0 Å². The summed E-state index contributed by atoms with van der Waals surface area (Å²) in [6.45, 7) is 0. The molecule has 0 N–H and O–H groups in total. The average molecular weight is 573 g/mol. The van der Waals surface area contributed by atoms with Crippen molar-refractivity contribution in [3.8, 4) is 11.4 Å². The molecule has 4 heteroatoms. The average Bonchev–Trinajstić information content (AvgIpc) is 3.82. The minimum atomic E-state index is 1.11. The van der Waals surface area contributed by atoms with Gasteiger partial charge in [-0.15, -0.1) is 0 Å². The van der Waals surface area contributed by atoms with Crippen molar-refractivity contribution in [3.63, 3.8) is 0 Å². The van der Waals surface area contributed by atoms with Crippen LogP contribution in [0.4, 0.5) is 0 Å². The Labute approximate surface area is 256 Å². The summed E-state index contributed by atoms with van der Waals surface area (Å²) in [5.74, 6) is 0. The summed E-state index contributed by atoms with van der Waals surface area (Å²) in [5, 5.41) is 10.2. The van der Waals surface area contributed by atoms with Gasteiger partial charge >= 0.3 is 0 Å². The van der Waals surface area contributed by atoms with Crippen LogP contribution in [0.25, 0.3) is 93.1 Å². The van der Waals surface area contributed by atoms with Crippen LogP contribution in [0, 0.1) is 0 Å². The van der Waals surface area contributed by atoms with Crippen molar-refractivity contribution in [2.24, 2.45) is 0 Å². The normalized spacial score (nSPS) is 12.4. The van der Waals surface area contributed by atoms with Crippen LogP contribution in [0.2, 0.25) is 0 Å². The first kappa shape index (κ1) is 23.3. The SMILES string of the molecule is c1ccc(-n2c3ccc(-n4c5ccccc5c5cc6c7ccccc7n7c8ccccc8c(c54)c67)cc3c3ccncc32)cc1. The number of hydrogen-bond donors (Lipinski definition) is 0. The molecule has 0 aliphatic carbocycles. The Bertz CT molecular complexity index is 2970. The molecule has 0 radical (unpaired) electrons. The molecule has 6 aromatic carbocycles. The molecule has 0 atom stereocenters. The van der Waals surface area contributed by atoms with E-state index < -0.39 is 0 Å². The van der Waals surface area contributed by atoms with Crippen LogP contribution >= 0.6 is 0 Å². The van der Waals surface area contributed by atoms with E-state index in [-0.39, 0.29) is 0 Å². The van der Waals surface area contributed by atoms with Crippen molar-refractivity contribution in [1.29, 1.82) is 0 Å². The van der Waals surface area contributed by atoms with Gasteiger partial charge in [-0.2, -0.15) is 0 Å². The molecule has 0 saturated carbocycles. The van der Waals surface area contributed by atoms with E-state index >= 15 is 0 Å². The molecule has 0 bridgehead atoms. The highest BCUT2D eigenvalue weighted by molar-refractivity contribution is 6.34. The van der Waals surface area contributed by atoms with E-state index in [1.807, 2.05) is 12.4 Å². The van der Waals surface area contributed by atoms with Gasteiger partial charge in [-0.1, -0.05) is 72.8 Å². The molecule has 0 spiro atoms. The molecule has 0 saturated heterocycles. The molecule has 0 aliphatic rings. The van der Waals surface area contributed by atoms with Crippen LogP contribution < -0.4 is 0 Å². The fourth-order valence-electron chi connectivity index (χ4n) is 8.08. The molecule has 0 amide bonds. The first-order valence-electron chi connectivity index (χ1n) is 15.4. The number of fused-ring (bicyclic) bond motifs is 13. The summed E-state index contributed by atoms with van der Waals surface area (Å²) >= 11 is 0. The van der Waals surface area contributed by atoms with Crippen LogP contribution in [0.1, 0.15) is 0 Å². The van der Waals surface area contributed by atoms with Crippen LogP contribution in [0.3, 0.4) is 0 Å². The Hall–Kier alpha value is -6.13. The molecule has 5 heterocycles. The molecule has 0 unspecified atom stereocenters. The highest BCUT2D eigenvalue weighted by Gasteiger charge is 2.24. The van der Waals surface area contributed by atoms with Crippen LogP contribution in [0.15, 0.2) is 146 Å². The second kappa shape index (κ2) is 8.28. The summed E-state index contributed by atoms with van der Waals surface area (Å²) in [4.78, 5) is 4.52. The predicted octanol–water partition coefficient (Wildman–Crippen LogP) is 10.4. The van der Waals surface area contributed by atoms with Crippen LogP contribution in [-0.2, 0) is 0 Å². The Morgan fingerprint density at radius 3 is 1.82 bits per heavy atom. The first-order valence-corrected chi connectivity index (χ1v) is 15.4. The zero-order valence-corrected chi connectivity index (χ0v) is 24.1. The Morgan fingerprint density at radius 1 is 0.378 bits per heavy atom. The van der Waals surface area contributed by atoms with Gasteiger partial charge in [0.05, 0.1) is 44.8 Å². The molecule has 11 rings (SSSR count). The largest absolute Gasteiger partial charge is 0.309 e. The third kappa shape index (κ3) is 2.84. The zero-order chi connectivity index (χ0) is 29.2. The first-order chi connectivity index (χ1) is 22.4. The summed E-state index contributed by atoms with van der Waals surface area (Å²) in [6.07, 6.45) is 3.88. The molecule has 0 aliphatic heterocycles. The van der Waals surface area contributed by atoms with E-state index in [9.17, 15) is 0 Å². The lowest BCUT2D eigenvalue weighted by Crippen LogP contribution is -1.96. The minimum Gasteiger partial charge on any atom is -0.309 e. The highest BCUT2D eigenvalue weighted by atomic mass is 15.0. The van der Waals surface area contributed by atoms with Crippen molar-refractivity contribution in [2.75, 3.05) is 0 Å². The second-order valence-corrected chi connectivity index (χ2v) is 12.0. The summed E-state index contributed by atoms with van der Waals surface area (Å²) in [7, 11) is 0. The van der Waals surface area contributed by atoms with E-state index in [1.54, 1.807) is 0 Å². The van der Waals surface area contributed by atoms with Crippen molar-refractivity contribution >= 4 is 81.7 Å². The van der Waals surface area contributed by atoms with Crippen molar-refractivity contribution < 1.29 is 0 Å². The number of hydrogen-bond acceptors (Lipinski definition) is 1. The number of aromatic nitrogens is 4. The minimum absolute atomic E-state index is 1.11. The van der Waals surface area contributed by atoms with Crippen molar-refractivity contribution in [3.05, 3.63) is 146 Å². The van der Waals surface area contributed by atoms with Crippen molar-refractivity contribution in [2.45, 2.75) is 0 Å². The van der Waals surface area contributed by atoms with Gasteiger partial charge in [0, 0.05) is 60.7 Å². The number of pyridine rings is 1. The fraction of sp³-hybridized carbons (Fsp3) is 0. The third-order valence-corrected chi connectivity index (χ3v) is 9.83. The molecule has 11 aromatic rings. The standard InChI is InChI=1S/C41H24N4/c1-2-10-25(11-3-1)43-37-19-18-26(22-31(37)29-20-21-42-24-38(29)43)44-34-15-7-4-12-27(34)32-23-33-28-13-5-8-16-35(28)45-36-17-9-6-14-30(36)39(40(32)44)41(33)45/h1-24H. The smallest absolute Gasteiger partial charge is 0.0724 e. The van der Waals surface area contributed by atoms with Gasteiger partial charge in [0.1, 0.15) is 0 Å². The van der Waals surface area contributed by atoms with Crippen molar-refractivity contribution in [1.82, 2.24) is 18.5 Å². The lowest BCUT2D eigenvalue weighted by atomic mass is 10.0. The summed E-state index contributed by atoms with van der Waals surface area (Å²) in [5.41, 5.74) is 10.8. The predicted molar refractivity (Wildman–Crippen MR) is 188 cm³/mol. The van der Waals surface area contributed by atoms with Gasteiger partial charge in [0.15, 0.2) is 0 Å². The number of rotatable bonds is 2. The van der Waals surface area contributed by atoms with Gasteiger partial charge in [-0.3, -0.25) is 4.98 Å². The monoisotopic (exact) mass is 572 g/mol. The Balaban J connectivity index is 1.34. The number of nitrogens with zero attached hydrogens (tertiary/aromatic N) is 4. The van der Waals surface area contributed by atoms with Gasteiger partial charge in [0.25, 0.3) is 0 Å². The van der Waals surface area contributed by atoms with Gasteiger partial charge in [-0.05, 0) is 60.7 Å². The van der Waals surface area contributed by atoms with E-state index in [4.69, 9.17) is 0 Å². The number of para-hydroxylation sites is 4. The quantitative estimate of drug-likeness (QED) is 0.202. The topological polar surface area (TPSA) is 27.2 Å². The van der Waals surface area contributed by atoms with E-state index in [0.717, 1.165) is 16.9 Å². The van der Waals surface area contributed by atoms with E-state index in [0.29, 0.717) is 0 Å². The van der Waals surface area contributed by atoms with Gasteiger partial charge < -0.3 is 13.5 Å². The molecule has 0 fully saturated rings. The van der Waals surface area contributed by atoms with Crippen LogP contribution in [-0.4, -0.2) is 18.5 Å². The Kier molecular flexibility index (Phi) is 4.29. The third-order valence-electron chi connectivity index (χ3n) is 9.83. The molecule has 5 aromatic heterocycles. The lowest BCUT2D eigenvalue weighted by molar-refractivity contribution is 1.16. The Morgan fingerprint density at radius 2 is 1.00 bits per heavy atom. The molecular weight excluding hydrogens is 548 g/mol. The van der Waals surface area contributed by atoms with Gasteiger partial charge in [-0.25, -0.2) is 0 Å².